The van der Waals surface area contributed by atoms with Gasteiger partial charge in [-0.05, 0) is 35.4 Å². The molecule has 152 valence electrons. The molecule has 2 atom stereocenters. The summed E-state index contributed by atoms with van der Waals surface area (Å²) in [5, 5.41) is 0. The van der Waals surface area contributed by atoms with Gasteiger partial charge in [-0.25, -0.2) is 0 Å². The van der Waals surface area contributed by atoms with Crippen LogP contribution < -0.4 is 4.74 Å². The highest BCUT2D eigenvalue weighted by molar-refractivity contribution is 6.26. The van der Waals surface area contributed by atoms with Crippen molar-refractivity contribution in [2.45, 2.75) is 18.3 Å². The van der Waals surface area contributed by atoms with E-state index in [1.807, 2.05) is 48.5 Å². The highest BCUT2D eigenvalue weighted by Crippen LogP contribution is 2.53. The first kappa shape index (κ1) is 18.1. The summed E-state index contributed by atoms with van der Waals surface area (Å²) in [7, 11) is 1.61. The number of hydrogen-bond donors (Lipinski definition) is 0. The second-order valence-electron chi connectivity index (χ2n) is 7.90. The van der Waals surface area contributed by atoms with Crippen LogP contribution in [0.5, 0.6) is 5.75 Å². The zero-order chi connectivity index (χ0) is 21.2. The number of ether oxygens (including phenoxy) is 3. The third kappa shape index (κ3) is 2.47. The van der Waals surface area contributed by atoms with Crippen molar-refractivity contribution in [2.24, 2.45) is 0 Å². The minimum Gasteiger partial charge on any atom is -0.497 e. The number of Topliss-reactive ketones (excluding diaryl/α,β-unsaturated/α-hetero) is 2. The van der Waals surface area contributed by atoms with Crippen molar-refractivity contribution in [1.29, 1.82) is 0 Å². The fourth-order valence-corrected chi connectivity index (χ4v) is 4.72. The number of methoxy groups -OCH3 is 1. The minimum atomic E-state index is -1.20. The molecule has 31 heavy (non-hydrogen) atoms. The minimum absolute atomic E-state index is 0.0882. The molecule has 2 bridgehead atoms. The fraction of sp³-hybridized carbons (Fsp3) is 0.154. The van der Waals surface area contributed by atoms with Gasteiger partial charge in [-0.3, -0.25) is 9.59 Å². The van der Waals surface area contributed by atoms with Crippen molar-refractivity contribution in [2.75, 3.05) is 7.11 Å². The van der Waals surface area contributed by atoms with Crippen LogP contribution in [0.1, 0.15) is 43.5 Å². The SMILES string of the molecule is COc1ccc([C@]23Cc4ccccc4[C@H](O2)C2=C(O3)C(=O)c3ccccc3C2=O)cc1. The molecule has 1 aliphatic carbocycles. The van der Waals surface area contributed by atoms with Crippen LogP contribution in [-0.2, 0) is 21.7 Å². The molecule has 0 N–H and O–H groups in total. The summed E-state index contributed by atoms with van der Waals surface area (Å²) in [6.07, 6.45) is -0.257. The van der Waals surface area contributed by atoms with E-state index in [0.29, 0.717) is 23.3 Å². The van der Waals surface area contributed by atoms with E-state index in [1.54, 1.807) is 31.4 Å². The Morgan fingerprint density at radius 3 is 2.29 bits per heavy atom. The van der Waals surface area contributed by atoms with E-state index >= 15 is 0 Å². The topological polar surface area (TPSA) is 61.8 Å². The van der Waals surface area contributed by atoms with E-state index in [-0.39, 0.29) is 22.9 Å². The second-order valence-corrected chi connectivity index (χ2v) is 7.90. The second kappa shape index (κ2) is 6.40. The molecule has 0 spiro atoms. The van der Waals surface area contributed by atoms with Gasteiger partial charge in [0.2, 0.25) is 11.6 Å². The number of hydrogen-bond acceptors (Lipinski definition) is 5. The Hall–Kier alpha value is -3.70. The summed E-state index contributed by atoms with van der Waals surface area (Å²) < 4.78 is 18.1. The molecule has 2 aliphatic heterocycles. The molecule has 0 unspecified atom stereocenters. The molecule has 5 nitrogen and oxygen atoms in total. The molecule has 0 radical (unpaired) electrons. The van der Waals surface area contributed by atoms with Crippen LogP contribution >= 0.6 is 0 Å². The molecule has 5 heteroatoms. The quantitative estimate of drug-likeness (QED) is 0.621. The molecule has 0 saturated carbocycles. The summed E-state index contributed by atoms with van der Waals surface area (Å²) in [4.78, 5) is 26.8. The van der Waals surface area contributed by atoms with Gasteiger partial charge in [-0.1, -0.05) is 48.5 Å². The summed E-state index contributed by atoms with van der Waals surface area (Å²) in [6, 6.07) is 22.1. The molecule has 0 aromatic heterocycles. The Bertz CT molecular complexity index is 1290. The van der Waals surface area contributed by atoms with Crippen LogP contribution in [-0.4, -0.2) is 18.7 Å². The lowest BCUT2D eigenvalue weighted by Gasteiger charge is -2.47. The molecule has 3 aromatic carbocycles. The first-order valence-electron chi connectivity index (χ1n) is 10.1. The van der Waals surface area contributed by atoms with E-state index in [0.717, 1.165) is 16.7 Å². The molecule has 0 amide bonds. The van der Waals surface area contributed by atoms with Crippen LogP contribution in [0, 0.1) is 0 Å². The van der Waals surface area contributed by atoms with Gasteiger partial charge in [0.1, 0.15) is 11.9 Å². The standard InChI is InChI=1S/C26H18O5/c1-29-17-12-10-16(11-13-17)26-14-15-6-2-3-7-18(15)24(30-26)21-22(27)19-8-4-5-9-20(19)23(28)25(21)31-26/h2-13,24H,14H2,1H3/t24-,26+/m0/s1. The predicted molar refractivity (Wildman–Crippen MR) is 112 cm³/mol. The van der Waals surface area contributed by atoms with Crippen LogP contribution in [0.4, 0.5) is 0 Å². The number of carbonyl (C=O) groups excluding carboxylic acids is 2. The number of allylic oxidation sites excluding steroid dienone is 1. The van der Waals surface area contributed by atoms with Crippen molar-refractivity contribution in [3.63, 3.8) is 0 Å². The monoisotopic (exact) mass is 410 g/mol. The highest BCUT2D eigenvalue weighted by Gasteiger charge is 2.54. The van der Waals surface area contributed by atoms with Crippen molar-refractivity contribution in [3.8, 4) is 5.75 Å². The van der Waals surface area contributed by atoms with Gasteiger partial charge in [-0.2, -0.15) is 0 Å². The van der Waals surface area contributed by atoms with Crippen molar-refractivity contribution in [1.82, 2.24) is 0 Å². The summed E-state index contributed by atoms with van der Waals surface area (Å²) >= 11 is 0. The normalized spacial score (nSPS) is 23.5. The molecular formula is C26H18O5. The summed E-state index contributed by atoms with van der Waals surface area (Å²) in [5.74, 6) is -0.912. The number of carbonyl (C=O) groups is 2. The number of rotatable bonds is 2. The zero-order valence-corrected chi connectivity index (χ0v) is 16.8. The molecule has 3 aliphatic rings. The van der Waals surface area contributed by atoms with Crippen molar-refractivity contribution < 1.29 is 23.8 Å². The maximum absolute atomic E-state index is 13.4. The maximum atomic E-state index is 13.4. The van der Waals surface area contributed by atoms with Crippen LogP contribution in [0.2, 0.25) is 0 Å². The predicted octanol–water partition coefficient (Wildman–Crippen LogP) is 4.53. The van der Waals surface area contributed by atoms with Gasteiger partial charge in [0.05, 0.1) is 12.7 Å². The summed E-state index contributed by atoms with van der Waals surface area (Å²) in [6.45, 7) is 0. The van der Waals surface area contributed by atoms with E-state index < -0.39 is 11.9 Å². The molecule has 6 rings (SSSR count). The number of benzene rings is 3. The molecule has 3 aromatic rings. The van der Waals surface area contributed by atoms with Gasteiger partial charge in [0.15, 0.2) is 11.5 Å². The number of fused-ring (bicyclic) bond motifs is 6. The molecular weight excluding hydrogens is 392 g/mol. The average molecular weight is 410 g/mol. The van der Waals surface area contributed by atoms with Gasteiger partial charge in [0.25, 0.3) is 0 Å². The highest BCUT2D eigenvalue weighted by atomic mass is 16.7. The third-order valence-electron chi connectivity index (χ3n) is 6.24. The van der Waals surface area contributed by atoms with Crippen molar-refractivity contribution in [3.05, 3.63) is 112 Å². The van der Waals surface area contributed by atoms with Crippen LogP contribution in [0.3, 0.4) is 0 Å². The Kier molecular flexibility index (Phi) is 3.73. The zero-order valence-electron chi connectivity index (χ0n) is 16.8. The first-order valence-corrected chi connectivity index (χ1v) is 10.1. The van der Waals surface area contributed by atoms with Gasteiger partial charge in [-0.15, -0.1) is 0 Å². The van der Waals surface area contributed by atoms with E-state index in [4.69, 9.17) is 14.2 Å². The largest absolute Gasteiger partial charge is 0.497 e. The Labute approximate surface area is 178 Å². The third-order valence-corrected chi connectivity index (χ3v) is 6.24. The Balaban J connectivity index is 1.58. The first-order chi connectivity index (χ1) is 15.1. The van der Waals surface area contributed by atoms with Gasteiger partial charge < -0.3 is 14.2 Å². The maximum Gasteiger partial charge on any atom is 0.242 e. The van der Waals surface area contributed by atoms with E-state index in [2.05, 4.69) is 0 Å². The van der Waals surface area contributed by atoms with Crippen LogP contribution in [0.15, 0.2) is 84.1 Å². The fourth-order valence-electron chi connectivity index (χ4n) is 4.72. The van der Waals surface area contributed by atoms with Crippen LogP contribution in [0.25, 0.3) is 0 Å². The lowest BCUT2D eigenvalue weighted by atomic mass is 9.78. The Morgan fingerprint density at radius 1 is 0.871 bits per heavy atom. The van der Waals surface area contributed by atoms with Gasteiger partial charge >= 0.3 is 0 Å². The number of ketones is 2. The van der Waals surface area contributed by atoms with E-state index in [1.165, 1.54) is 0 Å². The lowest BCUT2D eigenvalue weighted by Crippen LogP contribution is -2.47. The molecule has 0 saturated heterocycles. The molecule has 0 fully saturated rings. The van der Waals surface area contributed by atoms with Gasteiger partial charge in [0, 0.05) is 23.1 Å². The van der Waals surface area contributed by atoms with E-state index in [9.17, 15) is 9.59 Å². The Morgan fingerprint density at radius 2 is 1.55 bits per heavy atom. The average Bonchev–Trinajstić information content (AvgIpc) is 2.82. The molecule has 2 heterocycles. The smallest absolute Gasteiger partial charge is 0.242 e. The summed E-state index contributed by atoms with van der Waals surface area (Å²) in [5.41, 5.74) is 3.71. The lowest BCUT2D eigenvalue weighted by molar-refractivity contribution is -0.264. The van der Waals surface area contributed by atoms with Crippen molar-refractivity contribution >= 4 is 11.6 Å².